The highest BCUT2D eigenvalue weighted by atomic mass is 35.5. The molecule has 6 aromatic heterocycles. The van der Waals surface area contributed by atoms with Gasteiger partial charge in [-0.25, -0.2) is 14.4 Å². The van der Waals surface area contributed by atoms with Crippen LogP contribution < -0.4 is 10.0 Å². The molecule has 0 radical (unpaired) electrons. The Morgan fingerprint density at radius 3 is 1.81 bits per heavy atom. The van der Waals surface area contributed by atoms with E-state index in [9.17, 15) is 4.39 Å². The van der Waals surface area contributed by atoms with E-state index >= 15 is 0 Å². The number of anilines is 2. The minimum absolute atomic E-state index is 0.279. The number of nitrogens with zero attached hydrogens (tertiary/aromatic N) is 6. The Morgan fingerprint density at radius 2 is 1.17 bits per heavy atom. The van der Waals surface area contributed by atoms with Crippen molar-refractivity contribution in [3.8, 4) is 22.3 Å². The van der Waals surface area contributed by atoms with Crippen LogP contribution in [0.1, 0.15) is 11.4 Å². The van der Waals surface area contributed by atoms with Crippen LogP contribution in [0.3, 0.4) is 0 Å². The molecule has 2 aromatic carbocycles. The number of aromatic nitrogens is 4. The molecule has 0 aliphatic carbocycles. The summed E-state index contributed by atoms with van der Waals surface area (Å²) in [6.45, 7) is 0.852. The molecule has 0 aliphatic heterocycles. The maximum absolute atomic E-state index is 14.0. The van der Waals surface area contributed by atoms with Gasteiger partial charge >= 0.3 is 0 Å². The standard InChI is InChI=1S/C38H26ClFN6S2/c39-34-20-33(36-30(24-48-38(36)44-34)25-8-2-1-3-9-25)46(22-29-11-5-7-18-42-29)45(21-28-10-4-6-17-41-28)32-16-19-43-37-35(32)31(23-47-37)26-12-14-27(40)15-13-26/h1-20,23-24H,21-22H2. The van der Waals surface area contributed by atoms with Crippen molar-refractivity contribution < 1.29 is 4.39 Å². The van der Waals surface area contributed by atoms with E-state index in [1.807, 2.05) is 91.3 Å². The maximum atomic E-state index is 14.0. The second-order valence-corrected chi connectivity index (χ2v) is 13.2. The summed E-state index contributed by atoms with van der Waals surface area (Å²) in [6, 6.07) is 32.8. The smallest absolute Gasteiger partial charge is 0.132 e. The molecular weight excluding hydrogens is 659 g/mol. The second kappa shape index (κ2) is 13.1. The number of halogens is 2. The van der Waals surface area contributed by atoms with Crippen molar-refractivity contribution in [3.63, 3.8) is 0 Å². The fraction of sp³-hybridized carbons (Fsp3) is 0.0526. The van der Waals surface area contributed by atoms with Gasteiger partial charge in [0.05, 0.1) is 35.9 Å². The van der Waals surface area contributed by atoms with E-state index in [4.69, 9.17) is 31.5 Å². The predicted octanol–water partition coefficient (Wildman–Crippen LogP) is 10.5. The Bertz CT molecular complexity index is 2330. The lowest BCUT2D eigenvalue weighted by atomic mass is 10.0. The number of fused-ring (bicyclic) bond motifs is 2. The van der Waals surface area contributed by atoms with Gasteiger partial charge in [-0.1, -0.05) is 66.2 Å². The molecule has 6 heterocycles. The molecule has 0 fully saturated rings. The molecule has 8 rings (SSSR count). The van der Waals surface area contributed by atoms with Crippen molar-refractivity contribution in [1.82, 2.24) is 19.9 Å². The van der Waals surface area contributed by atoms with Crippen molar-refractivity contribution in [2.24, 2.45) is 0 Å². The minimum Gasteiger partial charge on any atom is -0.278 e. The van der Waals surface area contributed by atoms with Crippen LogP contribution in [-0.4, -0.2) is 19.9 Å². The lowest BCUT2D eigenvalue weighted by Gasteiger charge is -2.39. The molecule has 0 saturated heterocycles. The molecule has 0 N–H and O–H groups in total. The van der Waals surface area contributed by atoms with Crippen LogP contribution in [0.2, 0.25) is 5.15 Å². The normalized spacial score (nSPS) is 11.3. The van der Waals surface area contributed by atoms with Gasteiger partial charge in [-0.2, -0.15) is 0 Å². The van der Waals surface area contributed by atoms with Crippen LogP contribution in [-0.2, 0) is 13.1 Å². The van der Waals surface area contributed by atoms with Gasteiger partial charge in [-0.15, -0.1) is 22.7 Å². The fourth-order valence-electron chi connectivity index (χ4n) is 5.92. The number of benzene rings is 2. The lowest BCUT2D eigenvalue weighted by Crippen LogP contribution is -2.43. The van der Waals surface area contributed by atoms with Gasteiger partial charge in [0.2, 0.25) is 0 Å². The average Bonchev–Trinajstić information content (AvgIpc) is 3.76. The SMILES string of the molecule is Fc1ccc(-c2csc3nccc(N(Cc4ccccn4)N(Cc4ccccn4)c4cc(Cl)nc5scc(-c6ccccc6)c45)c23)cc1. The first kappa shape index (κ1) is 30.1. The molecule has 234 valence electrons. The average molecular weight is 685 g/mol. The number of pyridine rings is 4. The van der Waals surface area contributed by atoms with Crippen LogP contribution in [0.4, 0.5) is 15.8 Å². The largest absolute Gasteiger partial charge is 0.278 e. The van der Waals surface area contributed by atoms with E-state index in [0.29, 0.717) is 18.2 Å². The zero-order chi connectivity index (χ0) is 32.5. The minimum atomic E-state index is -0.279. The summed E-state index contributed by atoms with van der Waals surface area (Å²) >= 11 is 9.95. The van der Waals surface area contributed by atoms with Gasteiger partial charge in [0.1, 0.15) is 20.6 Å². The van der Waals surface area contributed by atoms with E-state index in [-0.39, 0.29) is 5.82 Å². The van der Waals surface area contributed by atoms with Gasteiger partial charge in [0.25, 0.3) is 0 Å². The maximum Gasteiger partial charge on any atom is 0.132 e. The first-order valence-corrected chi connectivity index (χ1v) is 17.4. The summed E-state index contributed by atoms with van der Waals surface area (Å²) in [5, 5.41) is 11.0. The molecule has 0 saturated carbocycles. The topological polar surface area (TPSA) is 58.0 Å². The van der Waals surface area contributed by atoms with E-state index in [1.54, 1.807) is 28.9 Å². The fourth-order valence-corrected chi connectivity index (χ4v) is 8.07. The van der Waals surface area contributed by atoms with Gasteiger partial charge in [0, 0.05) is 57.3 Å². The van der Waals surface area contributed by atoms with Crippen molar-refractivity contribution in [1.29, 1.82) is 0 Å². The van der Waals surface area contributed by atoms with Crippen molar-refractivity contribution in [2.45, 2.75) is 13.1 Å². The summed E-state index contributed by atoms with van der Waals surface area (Å²) in [5.74, 6) is -0.279. The third-order valence-electron chi connectivity index (χ3n) is 8.11. The summed E-state index contributed by atoms with van der Waals surface area (Å²) < 4.78 is 14.0. The van der Waals surface area contributed by atoms with E-state index in [2.05, 4.69) is 32.9 Å². The molecule has 8 aromatic rings. The van der Waals surface area contributed by atoms with Gasteiger partial charge in [-0.3, -0.25) is 20.0 Å². The quantitative estimate of drug-likeness (QED) is 0.111. The highest BCUT2D eigenvalue weighted by Gasteiger charge is 2.27. The molecular formula is C38H26ClFN6S2. The monoisotopic (exact) mass is 684 g/mol. The number of thiophene rings is 2. The third-order valence-corrected chi connectivity index (χ3v) is 10.1. The molecule has 0 spiro atoms. The highest BCUT2D eigenvalue weighted by Crippen LogP contribution is 2.45. The van der Waals surface area contributed by atoms with Crippen LogP contribution in [0.5, 0.6) is 0 Å². The molecule has 0 atom stereocenters. The Labute approximate surface area is 289 Å². The Morgan fingerprint density at radius 1 is 0.583 bits per heavy atom. The van der Waals surface area contributed by atoms with E-state index < -0.39 is 0 Å². The third kappa shape index (κ3) is 5.88. The Kier molecular flexibility index (Phi) is 8.24. The zero-order valence-electron chi connectivity index (χ0n) is 25.4. The second-order valence-electron chi connectivity index (χ2n) is 11.1. The Balaban J connectivity index is 1.41. The molecule has 0 bridgehead atoms. The lowest BCUT2D eigenvalue weighted by molar-refractivity contribution is 0.628. The molecule has 10 heteroatoms. The van der Waals surface area contributed by atoms with Gasteiger partial charge in [-0.05, 0) is 53.6 Å². The van der Waals surface area contributed by atoms with E-state index in [0.717, 1.165) is 65.4 Å². The molecule has 0 aliphatic rings. The molecule has 0 unspecified atom stereocenters. The first-order valence-electron chi connectivity index (χ1n) is 15.2. The van der Waals surface area contributed by atoms with Crippen molar-refractivity contribution in [3.05, 3.63) is 155 Å². The van der Waals surface area contributed by atoms with Crippen LogP contribution in [0.15, 0.2) is 132 Å². The van der Waals surface area contributed by atoms with Crippen LogP contribution in [0, 0.1) is 5.82 Å². The molecule has 0 amide bonds. The van der Waals surface area contributed by atoms with Crippen LogP contribution in [0.25, 0.3) is 42.7 Å². The first-order chi connectivity index (χ1) is 23.6. The zero-order valence-corrected chi connectivity index (χ0v) is 27.8. The van der Waals surface area contributed by atoms with Gasteiger partial charge < -0.3 is 0 Å². The van der Waals surface area contributed by atoms with Gasteiger partial charge in [0.15, 0.2) is 0 Å². The number of rotatable bonds is 9. The number of hydrogen-bond acceptors (Lipinski definition) is 8. The van der Waals surface area contributed by atoms with Crippen LogP contribution >= 0.6 is 34.3 Å². The number of hydrazine groups is 1. The molecule has 6 nitrogen and oxygen atoms in total. The van der Waals surface area contributed by atoms with Crippen molar-refractivity contribution in [2.75, 3.05) is 10.0 Å². The highest BCUT2D eigenvalue weighted by molar-refractivity contribution is 7.17. The summed E-state index contributed by atoms with van der Waals surface area (Å²) in [7, 11) is 0. The number of hydrogen-bond donors (Lipinski definition) is 0. The Hall–Kier alpha value is -5.22. The summed E-state index contributed by atoms with van der Waals surface area (Å²) in [4.78, 5) is 20.7. The summed E-state index contributed by atoms with van der Waals surface area (Å²) in [5.41, 5.74) is 7.58. The molecule has 48 heavy (non-hydrogen) atoms. The predicted molar refractivity (Wildman–Crippen MR) is 196 cm³/mol. The van der Waals surface area contributed by atoms with Crippen molar-refractivity contribution >= 4 is 66.1 Å². The van der Waals surface area contributed by atoms with E-state index in [1.165, 1.54) is 12.1 Å². The summed E-state index contributed by atoms with van der Waals surface area (Å²) in [6.07, 6.45) is 5.45.